The van der Waals surface area contributed by atoms with Crippen LogP contribution < -0.4 is 4.90 Å². The number of rotatable bonds is 6. The van der Waals surface area contributed by atoms with E-state index in [2.05, 4.69) is 207 Å². The van der Waals surface area contributed by atoms with Gasteiger partial charge in [-0.2, -0.15) is 0 Å². The zero-order valence-corrected chi connectivity index (χ0v) is 28.3. The second kappa shape index (κ2) is 12.1. The number of para-hydroxylation sites is 1. The van der Waals surface area contributed by atoms with Crippen LogP contribution in [-0.4, -0.2) is 0 Å². The first-order valence-corrected chi connectivity index (χ1v) is 17.4. The van der Waals surface area contributed by atoms with Gasteiger partial charge in [0.15, 0.2) is 0 Å². The average Bonchev–Trinajstić information content (AvgIpc) is 3.41. The lowest BCUT2D eigenvalue weighted by molar-refractivity contribution is 0.660. The summed E-state index contributed by atoms with van der Waals surface area (Å²) in [6, 6.07) is 68.6. The molecule has 238 valence electrons. The smallest absolute Gasteiger partial charge is 0.0540 e. The predicted molar refractivity (Wildman–Crippen MR) is 213 cm³/mol. The molecule has 1 heteroatoms. The molecule has 0 spiro atoms. The number of fused-ring (bicyclic) bond motifs is 4. The standard InChI is InChI=1S/C49H37N/c1-49(2)45-28-11-9-25-43(45)44-31-30-39(33-46(44)49)50(47-29-12-10-24-40(47)34-16-5-3-6-17-34)38-23-13-22-37(32-38)42-27-15-21-36-20-14-26-41(48(36)42)35-18-7-4-8-19-35/h3-33H,1-2H3. The van der Waals surface area contributed by atoms with Gasteiger partial charge < -0.3 is 4.90 Å². The molecule has 8 aromatic carbocycles. The SMILES string of the molecule is CC1(C)c2ccccc2-c2ccc(N(c3cccc(-c4cccc5cccc(-c6ccccc6)c45)c3)c3ccccc3-c3ccccc3)cc21. The highest BCUT2D eigenvalue weighted by Gasteiger charge is 2.35. The molecule has 8 aromatic rings. The highest BCUT2D eigenvalue weighted by atomic mass is 15.1. The molecule has 9 rings (SSSR count). The number of anilines is 3. The van der Waals surface area contributed by atoms with Gasteiger partial charge in [0, 0.05) is 22.4 Å². The molecule has 1 aliphatic carbocycles. The summed E-state index contributed by atoms with van der Waals surface area (Å²) in [6.07, 6.45) is 0. The summed E-state index contributed by atoms with van der Waals surface area (Å²) in [5, 5.41) is 2.51. The van der Waals surface area contributed by atoms with E-state index in [0.717, 1.165) is 17.1 Å². The van der Waals surface area contributed by atoms with Crippen molar-refractivity contribution in [3.05, 3.63) is 199 Å². The van der Waals surface area contributed by atoms with Crippen molar-refractivity contribution in [3.8, 4) is 44.5 Å². The van der Waals surface area contributed by atoms with Crippen LogP contribution in [0, 0.1) is 0 Å². The third-order valence-electron chi connectivity index (χ3n) is 10.5. The number of benzene rings is 8. The van der Waals surface area contributed by atoms with Gasteiger partial charge in [-0.25, -0.2) is 0 Å². The molecule has 0 aliphatic heterocycles. The van der Waals surface area contributed by atoms with Crippen molar-refractivity contribution in [1.29, 1.82) is 0 Å². The molecule has 0 bridgehead atoms. The fraction of sp³-hybridized carbons (Fsp3) is 0.0612. The van der Waals surface area contributed by atoms with E-state index >= 15 is 0 Å². The highest BCUT2D eigenvalue weighted by Crippen LogP contribution is 2.51. The Labute approximate surface area is 294 Å². The van der Waals surface area contributed by atoms with Crippen LogP contribution in [-0.2, 0) is 5.41 Å². The summed E-state index contributed by atoms with van der Waals surface area (Å²) in [5.74, 6) is 0. The second-order valence-corrected chi connectivity index (χ2v) is 13.7. The summed E-state index contributed by atoms with van der Waals surface area (Å²) < 4.78 is 0. The maximum Gasteiger partial charge on any atom is 0.0540 e. The fourth-order valence-corrected chi connectivity index (χ4v) is 8.04. The van der Waals surface area contributed by atoms with E-state index in [9.17, 15) is 0 Å². The van der Waals surface area contributed by atoms with Crippen LogP contribution >= 0.6 is 0 Å². The molecule has 0 radical (unpaired) electrons. The van der Waals surface area contributed by atoms with Crippen LogP contribution in [0.15, 0.2) is 188 Å². The van der Waals surface area contributed by atoms with Crippen molar-refractivity contribution in [2.24, 2.45) is 0 Å². The number of hydrogen-bond donors (Lipinski definition) is 0. The van der Waals surface area contributed by atoms with Gasteiger partial charge in [0.2, 0.25) is 0 Å². The first-order valence-electron chi connectivity index (χ1n) is 17.4. The molecule has 0 aromatic heterocycles. The average molecular weight is 640 g/mol. The van der Waals surface area contributed by atoms with Crippen LogP contribution in [0.2, 0.25) is 0 Å². The molecule has 0 heterocycles. The van der Waals surface area contributed by atoms with Crippen molar-refractivity contribution >= 4 is 27.8 Å². The summed E-state index contributed by atoms with van der Waals surface area (Å²) in [7, 11) is 0. The largest absolute Gasteiger partial charge is 0.310 e. The van der Waals surface area contributed by atoms with Gasteiger partial charge in [-0.15, -0.1) is 0 Å². The van der Waals surface area contributed by atoms with Crippen LogP contribution in [0.3, 0.4) is 0 Å². The van der Waals surface area contributed by atoms with Gasteiger partial charge in [0.05, 0.1) is 5.69 Å². The summed E-state index contributed by atoms with van der Waals surface area (Å²) in [6.45, 7) is 4.71. The molecule has 50 heavy (non-hydrogen) atoms. The Balaban J connectivity index is 1.26. The lowest BCUT2D eigenvalue weighted by atomic mass is 9.82. The van der Waals surface area contributed by atoms with Gasteiger partial charge >= 0.3 is 0 Å². The summed E-state index contributed by atoms with van der Waals surface area (Å²) in [5.41, 5.74) is 16.0. The van der Waals surface area contributed by atoms with Gasteiger partial charge in [0.25, 0.3) is 0 Å². The Morgan fingerprint density at radius 2 is 0.880 bits per heavy atom. The zero-order valence-electron chi connectivity index (χ0n) is 28.3. The van der Waals surface area contributed by atoms with Crippen LogP contribution in [0.25, 0.3) is 55.3 Å². The van der Waals surface area contributed by atoms with E-state index < -0.39 is 0 Å². The zero-order chi connectivity index (χ0) is 33.7. The van der Waals surface area contributed by atoms with Gasteiger partial charge in [-0.3, -0.25) is 0 Å². The third kappa shape index (κ3) is 4.94. The highest BCUT2D eigenvalue weighted by molar-refractivity contribution is 6.07. The Morgan fingerprint density at radius 1 is 0.360 bits per heavy atom. The molecule has 0 amide bonds. The van der Waals surface area contributed by atoms with Crippen LogP contribution in [0.5, 0.6) is 0 Å². The fourth-order valence-electron chi connectivity index (χ4n) is 8.04. The Hall–Kier alpha value is -6.18. The topological polar surface area (TPSA) is 3.24 Å². The summed E-state index contributed by atoms with van der Waals surface area (Å²) >= 11 is 0. The minimum absolute atomic E-state index is 0.106. The minimum Gasteiger partial charge on any atom is -0.310 e. The molecule has 0 N–H and O–H groups in total. The molecule has 0 unspecified atom stereocenters. The van der Waals surface area contributed by atoms with Crippen molar-refractivity contribution in [2.75, 3.05) is 4.90 Å². The lowest BCUT2D eigenvalue weighted by Crippen LogP contribution is -2.17. The maximum absolute atomic E-state index is 2.45. The molecular formula is C49H37N. The maximum atomic E-state index is 2.45. The Morgan fingerprint density at radius 3 is 1.62 bits per heavy atom. The van der Waals surface area contributed by atoms with Gasteiger partial charge in [-0.1, -0.05) is 172 Å². The van der Waals surface area contributed by atoms with Crippen molar-refractivity contribution < 1.29 is 0 Å². The Bertz CT molecular complexity index is 2500. The molecule has 0 saturated heterocycles. The van der Waals surface area contributed by atoms with E-state index in [1.807, 2.05) is 0 Å². The van der Waals surface area contributed by atoms with E-state index in [0.29, 0.717) is 0 Å². The Kier molecular flexibility index (Phi) is 7.21. The molecule has 1 nitrogen and oxygen atoms in total. The molecule has 0 atom stereocenters. The molecular weight excluding hydrogens is 603 g/mol. The molecule has 0 saturated carbocycles. The monoisotopic (exact) mass is 639 g/mol. The first-order chi connectivity index (χ1) is 24.6. The first kappa shape index (κ1) is 29.9. The third-order valence-corrected chi connectivity index (χ3v) is 10.5. The van der Waals surface area contributed by atoms with Crippen molar-refractivity contribution in [2.45, 2.75) is 19.3 Å². The molecule has 0 fully saturated rings. The van der Waals surface area contributed by atoms with Gasteiger partial charge in [-0.05, 0) is 91.2 Å². The van der Waals surface area contributed by atoms with Gasteiger partial charge in [0.1, 0.15) is 0 Å². The van der Waals surface area contributed by atoms with Crippen molar-refractivity contribution in [1.82, 2.24) is 0 Å². The number of hydrogen-bond acceptors (Lipinski definition) is 1. The normalized spacial score (nSPS) is 12.8. The summed E-state index contributed by atoms with van der Waals surface area (Å²) in [4.78, 5) is 2.45. The molecule has 1 aliphatic rings. The quantitative estimate of drug-likeness (QED) is 0.175. The van der Waals surface area contributed by atoms with E-state index in [-0.39, 0.29) is 5.41 Å². The second-order valence-electron chi connectivity index (χ2n) is 13.7. The predicted octanol–water partition coefficient (Wildman–Crippen LogP) is 13.6. The minimum atomic E-state index is -0.106. The lowest BCUT2D eigenvalue weighted by Gasteiger charge is -2.30. The van der Waals surface area contributed by atoms with E-state index in [1.54, 1.807) is 0 Å². The van der Waals surface area contributed by atoms with Crippen LogP contribution in [0.1, 0.15) is 25.0 Å². The van der Waals surface area contributed by atoms with E-state index in [1.165, 1.54) is 66.4 Å². The van der Waals surface area contributed by atoms with Crippen LogP contribution in [0.4, 0.5) is 17.1 Å². The van der Waals surface area contributed by atoms with Crippen molar-refractivity contribution in [3.63, 3.8) is 0 Å². The van der Waals surface area contributed by atoms with E-state index in [4.69, 9.17) is 0 Å². The number of nitrogens with zero attached hydrogens (tertiary/aromatic N) is 1.